The highest BCUT2D eigenvalue weighted by molar-refractivity contribution is 5.36. The van der Waals surface area contributed by atoms with Crippen molar-refractivity contribution in [3.63, 3.8) is 0 Å². The van der Waals surface area contributed by atoms with Crippen LogP contribution in [0.1, 0.15) is 48.1 Å². The Morgan fingerprint density at radius 1 is 1.05 bits per heavy atom. The van der Waals surface area contributed by atoms with Crippen molar-refractivity contribution in [2.45, 2.75) is 38.6 Å². The molecule has 20 heavy (non-hydrogen) atoms. The third-order valence-corrected chi connectivity index (χ3v) is 4.55. The minimum Gasteiger partial charge on any atom is -0.324 e. The molecule has 0 saturated heterocycles. The zero-order valence-corrected chi connectivity index (χ0v) is 12.3. The van der Waals surface area contributed by atoms with E-state index in [0.29, 0.717) is 11.8 Å². The van der Waals surface area contributed by atoms with Crippen molar-refractivity contribution in [2.24, 2.45) is 11.7 Å². The molecule has 2 atom stereocenters. The van der Waals surface area contributed by atoms with E-state index < -0.39 is 0 Å². The second-order valence-corrected chi connectivity index (χ2v) is 6.29. The quantitative estimate of drug-likeness (QED) is 0.883. The topological polar surface area (TPSA) is 26.0 Å². The zero-order valence-electron chi connectivity index (χ0n) is 12.3. The maximum absolute atomic E-state index is 6.42. The molecule has 0 fully saturated rings. The van der Waals surface area contributed by atoms with Gasteiger partial charge in [-0.05, 0) is 46.9 Å². The van der Waals surface area contributed by atoms with E-state index in [-0.39, 0.29) is 6.04 Å². The number of hydrogen-bond acceptors (Lipinski definition) is 1. The molecule has 2 aromatic rings. The van der Waals surface area contributed by atoms with Crippen LogP contribution in [0.5, 0.6) is 0 Å². The molecule has 0 saturated carbocycles. The standard InChI is InChI=1S/C19H23N/c1-13(2)15-9-7-14(8-10-15)11-17-12-16-5-3-4-6-18(16)19(17)20/h3-10,13,17,19H,11-12,20H2,1-2H3. The second-order valence-electron chi connectivity index (χ2n) is 6.29. The molecule has 0 spiro atoms. The summed E-state index contributed by atoms with van der Waals surface area (Å²) in [5.41, 5.74) is 12.0. The van der Waals surface area contributed by atoms with Crippen LogP contribution in [-0.2, 0) is 12.8 Å². The number of fused-ring (bicyclic) bond motifs is 1. The molecule has 2 N–H and O–H groups in total. The molecule has 104 valence electrons. The fourth-order valence-corrected chi connectivity index (χ4v) is 3.25. The van der Waals surface area contributed by atoms with Crippen LogP contribution in [-0.4, -0.2) is 0 Å². The number of rotatable bonds is 3. The molecular weight excluding hydrogens is 242 g/mol. The van der Waals surface area contributed by atoms with Crippen molar-refractivity contribution in [3.05, 3.63) is 70.8 Å². The third-order valence-electron chi connectivity index (χ3n) is 4.55. The largest absolute Gasteiger partial charge is 0.324 e. The Balaban J connectivity index is 1.73. The second kappa shape index (κ2) is 5.41. The Morgan fingerprint density at radius 3 is 2.40 bits per heavy atom. The Bertz CT molecular complexity index is 583. The highest BCUT2D eigenvalue weighted by atomic mass is 14.7. The first kappa shape index (κ1) is 13.4. The number of nitrogens with two attached hydrogens (primary N) is 1. The molecule has 1 heteroatoms. The molecule has 1 nitrogen and oxygen atoms in total. The summed E-state index contributed by atoms with van der Waals surface area (Å²) in [5.74, 6) is 1.14. The van der Waals surface area contributed by atoms with Gasteiger partial charge in [0.1, 0.15) is 0 Å². The van der Waals surface area contributed by atoms with Gasteiger partial charge in [-0.3, -0.25) is 0 Å². The molecule has 0 bridgehead atoms. The van der Waals surface area contributed by atoms with Gasteiger partial charge in [-0.15, -0.1) is 0 Å². The monoisotopic (exact) mass is 265 g/mol. The maximum Gasteiger partial charge on any atom is 0.0332 e. The highest BCUT2D eigenvalue weighted by Crippen LogP contribution is 2.36. The van der Waals surface area contributed by atoms with Crippen molar-refractivity contribution in [1.82, 2.24) is 0 Å². The first-order valence-electron chi connectivity index (χ1n) is 7.57. The van der Waals surface area contributed by atoms with Gasteiger partial charge in [0.15, 0.2) is 0 Å². The zero-order chi connectivity index (χ0) is 14.1. The first-order chi connectivity index (χ1) is 9.65. The lowest BCUT2D eigenvalue weighted by molar-refractivity contribution is 0.465. The fraction of sp³-hybridized carbons (Fsp3) is 0.368. The van der Waals surface area contributed by atoms with Gasteiger partial charge < -0.3 is 5.73 Å². The van der Waals surface area contributed by atoms with E-state index in [0.717, 1.165) is 12.8 Å². The van der Waals surface area contributed by atoms with E-state index in [9.17, 15) is 0 Å². The first-order valence-corrected chi connectivity index (χ1v) is 7.57. The van der Waals surface area contributed by atoms with Crippen LogP contribution in [0, 0.1) is 5.92 Å². The predicted octanol–water partition coefficient (Wildman–Crippen LogP) is 4.22. The summed E-state index contributed by atoms with van der Waals surface area (Å²) in [7, 11) is 0. The van der Waals surface area contributed by atoms with E-state index in [1.54, 1.807) is 0 Å². The Labute approximate surface area is 121 Å². The molecule has 1 aliphatic carbocycles. The van der Waals surface area contributed by atoms with Crippen LogP contribution in [0.3, 0.4) is 0 Å². The Morgan fingerprint density at radius 2 is 1.75 bits per heavy atom. The fourth-order valence-electron chi connectivity index (χ4n) is 3.25. The molecule has 2 aromatic carbocycles. The molecule has 3 rings (SSSR count). The predicted molar refractivity (Wildman–Crippen MR) is 84.8 cm³/mol. The lowest BCUT2D eigenvalue weighted by atomic mass is 9.92. The van der Waals surface area contributed by atoms with E-state index >= 15 is 0 Å². The summed E-state index contributed by atoms with van der Waals surface area (Å²) in [6.45, 7) is 4.47. The van der Waals surface area contributed by atoms with Crippen molar-refractivity contribution in [2.75, 3.05) is 0 Å². The highest BCUT2D eigenvalue weighted by Gasteiger charge is 2.29. The minimum absolute atomic E-state index is 0.191. The van der Waals surface area contributed by atoms with Crippen LogP contribution >= 0.6 is 0 Å². The van der Waals surface area contributed by atoms with Gasteiger partial charge in [-0.25, -0.2) is 0 Å². The molecule has 0 aromatic heterocycles. The van der Waals surface area contributed by atoms with Gasteiger partial charge >= 0.3 is 0 Å². The lowest BCUT2D eigenvalue weighted by Crippen LogP contribution is -2.18. The molecule has 1 aliphatic rings. The summed E-state index contributed by atoms with van der Waals surface area (Å²) < 4.78 is 0. The van der Waals surface area contributed by atoms with E-state index in [4.69, 9.17) is 5.73 Å². The van der Waals surface area contributed by atoms with Crippen LogP contribution in [0.25, 0.3) is 0 Å². The average molecular weight is 265 g/mol. The lowest BCUT2D eigenvalue weighted by Gasteiger charge is -2.16. The molecule has 0 aliphatic heterocycles. The van der Waals surface area contributed by atoms with Gasteiger partial charge in [0.25, 0.3) is 0 Å². The van der Waals surface area contributed by atoms with Crippen molar-refractivity contribution < 1.29 is 0 Å². The van der Waals surface area contributed by atoms with Crippen LogP contribution < -0.4 is 5.73 Å². The van der Waals surface area contributed by atoms with Gasteiger partial charge in [0.05, 0.1) is 0 Å². The van der Waals surface area contributed by atoms with Gasteiger partial charge in [-0.1, -0.05) is 62.4 Å². The molecule has 0 amide bonds. The minimum atomic E-state index is 0.191. The normalized spacial score (nSPS) is 21.2. The summed E-state index contributed by atoms with van der Waals surface area (Å²) >= 11 is 0. The molecule has 2 unspecified atom stereocenters. The van der Waals surface area contributed by atoms with Gasteiger partial charge in [-0.2, -0.15) is 0 Å². The SMILES string of the molecule is CC(C)c1ccc(CC2Cc3ccccc3C2N)cc1. The molecular formula is C19H23N. The Hall–Kier alpha value is -1.60. The van der Waals surface area contributed by atoms with Gasteiger partial charge in [0, 0.05) is 6.04 Å². The average Bonchev–Trinajstić information content (AvgIpc) is 2.77. The summed E-state index contributed by atoms with van der Waals surface area (Å²) in [6, 6.07) is 17.9. The molecule has 0 radical (unpaired) electrons. The van der Waals surface area contributed by atoms with E-state index in [1.807, 2.05) is 0 Å². The summed E-state index contributed by atoms with van der Waals surface area (Å²) in [4.78, 5) is 0. The number of hydrogen-bond donors (Lipinski definition) is 1. The van der Waals surface area contributed by atoms with Crippen molar-refractivity contribution in [3.8, 4) is 0 Å². The maximum atomic E-state index is 6.42. The van der Waals surface area contributed by atoms with Crippen LogP contribution in [0.4, 0.5) is 0 Å². The Kier molecular flexibility index (Phi) is 3.62. The van der Waals surface area contributed by atoms with E-state index in [1.165, 1.54) is 22.3 Å². The number of benzene rings is 2. The van der Waals surface area contributed by atoms with Crippen LogP contribution in [0.15, 0.2) is 48.5 Å². The smallest absolute Gasteiger partial charge is 0.0332 e. The summed E-state index contributed by atoms with van der Waals surface area (Å²) in [5, 5.41) is 0. The van der Waals surface area contributed by atoms with Crippen LogP contribution in [0.2, 0.25) is 0 Å². The van der Waals surface area contributed by atoms with Gasteiger partial charge in [0.2, 0.25) is 0 Å². The third kappa shape index (κ3) is 2.51. The summed E-state index contributed by atoms with van der Waals surface area (Å²) in [6.07, 6.45) is 2.19. The van der Waals surface area contributed by atoms with Crippen molar-refractivity contribution >= 4 is 0 Å². The van der Waals surface area contributed by atoms with Crippen molar-refractivity contribution in [1.29, 1.82) is 0 Å². The van der Waals surface area contributed by atoms with E-state index in [2.05, 4.69) is 62.4 Å². The molecule has 0 heterocycles.